The van der Waals surface area contributed by atoms with Crippen LogP contribution in [-0.4, -0.2) is 34.8 Å². The van der Waals surface area contributed by atoms with Crippen LogP contribution in [0.2, 0.25) is 5.15 Å². The summed E-state index contributed by atoms with van der Waals surface area (Å²) >= 11 is 5.88. The van der Waals surface area contributed by atoms with Crippen molar-refractivity contribution in [2.75, 3.05) is 13.1 Å². The second kappa shape index (κ2) is 7.98. The second-order valence-electron chi connectivity index (χ2n) is 6.81. The van der Waals surface area contributed by atoms with Crippen molar-refractivity contribution in [3.8, 4) is 0 Å². The molecule has 4 rings (SSSR count). The summed E-state index contributed by atoms with van der Waals surface area (Å²) in [6, 6.07) is 15.9. The van der Waals surface area contributed by atoms with Gasteiger partial charge in [-0.2, -0.15) is 0 Å². The van der Waals surface area contributed by atoms with Crippen LogP contribution in [0.5, 0.6) is 0 Å². The minimum Gasteiger partial charge on any atom is -0.457 e. The number of carbonyl (C=O) groups excluding carboxylic acids is 2. The Labute approximate surface area is 167 Å². The lowest BCUT2D eigenvalue weighted by molar-refractivity contribution is 0.0472. The molecule has 0 saturated carbocycles. The summed E-state index contributed by atoms with van der Waals surface area (Å²) in [6.45, 7) is 1.80. The number of rotatable bonds is 4. The number of amides is 1. The smallest absolute Gasteiger partial charge is 0.338 e. The number of aromatic nitrogens is 1. The fourth-order valence-electron chi connectivity index (χ4n) is 3.31. The van der Waals surface area contributed by atoms with Crippen LogP contribution in [0.25, 0.3) is 10.9 Å². The Hall–Kier alpha value is -2.92. The molecule has 5 nitrogen and oxygen atoms in total. The van der Waals surface area contributed by atoms with Crippen LogP contribution in [0, 0.1) is 0 Å². The van der Waals surface area contributed by atoms with Gasteiger partial charge in [0, 0.05) is 24.0 Å². The van der Waals surface area contributed by atoms with E-state index in [9.17, 15) is 9.59 Å². The highest BCUT2D eigenvalue weighted by atomic mass is 35.5. The molecule has 0 aliphatic carbocycles. The van der Waals surface area contributed by atoms with E-state index in [2.05, 4.69) is 4.98 Å². The van der Waals surface area contributed by atoms with Gasteiger partial charge in [-0.15, -0.1) is 0 Å². The van der Waals surface area contributed by atoms with Crippen LogP contribution < -0.4 is 0 Å². The Morgan fingerprint density at radius 1 is 0.964 bits per heavy atom. The van der Waals surface area contributed by atoms with E-state index in [-0.39, 0.29) is 12.5 Å². The number of hydrogen-bond donors (Lipinski definition) is 0. The van der Waals surface area contributed by atoms with Gasteiger partial charge in [0.25, 0.3) is 5.91 Å². The van der Waals surface area contributed by atoms with Crippen LogP contribution in [0.15, 0.2) is 54.6 Å². The Balaban J connectivity index is 1.39. The van der Waals surface area contributed by atoms with Gasteiger partial charge < -0.3 is 9.64 Å². The lowest BCUT2D eigenvalue weighted by atomic mass is 10.1. The lowest BCUT2D eigenvalue weighted by Crippen LogP contribution is -2.27. The molecule has 1 aliphatic heterocycles. The molecule has 1 amide bonds. The summed E-state index contributed by atoms with van der Waals surface area (Å²) in [5.41, 5.74) is 2.68. The van der Waals surface area contributed by atoms with Crippen molar-refractivity contribution in [1.29, 1.82) is 0 Å². The third kappa shape index (κ3) is 3.99. The molecule has 0 radical (unpaired) electrons. The highest BCUT2D eigenvalue weighted by Crippen LogP contribution is 2.18. The van der Waals surface area contributed by atoms with E-state index in [1.54, 1.807) is 36.4 Å². The van der Waals surface area contributed by atoms with Crippen molar-refractivity contribution in [2.24, 2.45) is 0 Å². The first-order valence-electron chi connectivity index (χ1n) is 9.22. The van der Waals surface area contributed by atoms with E-state index in [1.807, 2.05) is 23.1 Å². The number of pyridine rings is 1. The number of carbonyl (C=O) groups is 2. The monoisotopic (exact) mass is 394 g/mol. The number of halogens is 1. The highest BCUT2D eigenvalue weighted by Gasteiger charge is 2.19. The highest BCUT2D eigenvalue weighted by molar-refractivity contribution is 6.29. The predicted octanol–water partition coefficient (Wildman–Crippen LogP) is 4.48. The Morgan fingerprint density at radius 2 is 1.68 bits per heavy atom. The van der Waals surface area contributed by atoms with Gasteiger partial charge in [-0.1, -0.05) is 23.7 Å². The van der Waals surface area contributed by atoms with E-state index >= 15 is 0 Å². The number of nitrogens with zero attached hydrogens (tertiary/aromatic N) is 2. The zero-order valence-electron chi connectivity index (χ0n) is 15.2. The normalized spacial score (nSPS) is 13.7. The van der Waals surface area contributed by atoms with Gasteiger partial charge in [0.05, 0.1) is 11.1 Å². The zero-order chi connectivity index (χ0) is 19.5. The molecular formula is C22H19ClN2O3. The topological polar surface area (TPSA) is 59.5 Å². The average molecular weight is 395 g/mol. The number of fused-ring (bicyclic) bond motifs is 1. The lowest BCUT2D eigenvalue weighted by Gasteiger charge is -2.15. The van der Waals surface area contributed by atoms with E-state index in [0.717, 1.165) is 42.4 Å². The maximum atomic E-state index is 12.4. The molecule has 0 spiro atoms. The third-order valence-corrected chi connectivity index (χ3v) is 5.07. The van der Waals surface area contributed by atoms with Crippen molar-refractivity contribution < 1.29 is 14.3 Å². The molecule has 1 saturated heterocycles. The molecule has 0 bridgehead atoms. The first kappa shape index (κ1) is 18.4. The Morgan fingerprint density at radius 3 is 2.43 bits per heavy atom. The SMILES string of the molecule is O=C(OCc1ccc(C(=O)N2CCCC2)cc1)c1ccc2nc(Cl)ccc2c1. The van der Waals surface area contributed by atoms with Crippen LogP contribution in [0.1, 0.15) is 39.1 Å². The summed E-state index contributed by atoms with van der Waals surface area (Å²) in [5, 5.41) is 1.23. The van der Waals surface area contributed by atoms with Gasteiger partial charge in [-0.25, -0.2) is 9.78 Å². The van der Waals surface area contributed by atoms with Crippen LogP contribution >= 0.6 is 11.6 Å². The predicted molar refractivity (Wildman–Crippen MR) is 107 cm³/mol. The van der Waals surface area contributed by atoms with Crippen LogP contribution in [0.4, 0.5) is 0 Å². The van der Waals surface area contributed by atoms with E-state index in [1.165, 1.54) is 0 Å². The van der Waals surface area contributed by atoms with Gasteiger partial charge in [0.2, 0.25) is 0 Å². The molecule has 2 heterocycles. The Kier molecular flexibility index (Phi) is 5.26. The number of likely N-dealkylation sites (tertiary alicyclic amines) is 1. The maximum Gasteiger partial charge on any atom is 0.338 e. The number of benzene rings is 2. The number of hydrogen-bond acceptors (Lipinski definition) is 4. The fourth-order valence-corrected chi connectivity index (χ4v) is 3.46. The molecule has 0 N–H and O–H groups in total. The van der Waals surface area contributed by atoms with Crippen LogP contribution in [-0.2, 0) is 11.3 Å². The minimum atomic E-state index is -0.408. The molecule has 1 aliphatic rings. The van der Waals surface area contributed by atoms with Crippen molar-refractivity contribution >= 4 is 34.4 Å². The molecule has 142 valence electrons. The average Bonchev–Trinajstić information content (AvgIpc) is 3.26. The molecule has 1 fully saturated rings. The van der Waals surface area contributed by atoms with Crippen LogP contribution in [0.3, 0.4) is 0 Å². The standard InChI is InChI=1S/C22H19ClN2O3/c23-20-10-8-17-13-18(7-9-19(17)24-20)22(27)28-14-15-3-5-16(6-4-15)21(26)25-11-1-2-12-25/h3-10,13H,1-2,11-12,14H2. The molecular weight excluding hydrogens is 376 g/mol. The van der Waals surface area contributed by atoms with E-state index in [4.69, 9.17) is 16.3 Å². The molecule has 2 aromatic carbocycles. The maximum absolute atomic E-state index is 12.4. The van der Waals surface area contributed by atoms with Gasteiger partial charge >= 0.3 is 5.97 Å². The van der Waals surface area contributed by atoms with Crippen molar-refractivity contribution in [3.05, 3.63) is 76.4 Å². The first-order chi connectivity index (χ1) is 13.6. The fraction of sp³-hybridized carbons (Fsp3) is 0.227. The zero-order valence-corrected chi connectivity index (χ0v) is 16.0. The van der Waals surface area contributed by atoms with Gasteiger partial charge in [-0.3, -0.25) is 4.79 Å². The minimum absolute atomic E-state index is 0.0610. The summed E-state index contributed by atoms with van der Waals surface area (Å²) in [4.78, 5) is 30.8. The first-order valence-corrected chi connectivity index (χ1v) is 9.59. The molecule has 0 atom stereocenters. The molecule has 28 heavy (non-hydrogen) atoms. The largest absolute Gasteiger partial charge is 0.457 e. The Bertz CT molecular complexity index is 1030. The van der Waals surface area contributed by atoms with E-state index in [0.29, 0.717) is 16.3 Å². The molecule has 3 aromatic rings. The summed E-state index contributed by atoms with van der Waals surface area (Å²) < 4.78 is 5.41. The number of ether oxygens (including phenoxy) is 1. The summed E-state index contributed by atoms with van der Waals surface area (Å²) in [7, 11) is 0. The summed E-state index contributed by atoms with van der Waals surface area (Å²) in [6.07, 6.45) is 2.13. The third-order valence-electron chi connectivity index (χ3n) is 4.86. The van der Waals surface area contributed by atoms with Crippen molar-refractivity contribution in [3.63, 3.8) is 0 Å². The molecule has 0 unspecified atom stereocenters. The van der Waals surface area contributed by atoms with E-state index < -0.39 is 5.97 Å². The number of esters is 1. The second-order valence-corrected chi connectivity index (χ2v) is 7.20. The van der Waals surface area contributed by atoms with Gasteiger partial charge in [-0.05, 0) is 60.9 Å². The van der Waals surface area contributed by atoms with Crippen molar-refractivity contribution in [2.45, 2.75) is 19.4 Å². The molecule has 1 aromatic heterocycles. The van der Waals surface area contributed by atoms with Gasteiger partial charge in [0.1, 0.15) is 11.8 Å². The quantitative estimate of drug-likeness (QED) is 0.483. The van der Waals surface area contributed by atoms with Crippen molar-refractivity contribution in [1.82, 2.24) is 9.88 Å². The van der Waals surface area contributed by atoms with Gasteiger partial charge in [0.15, 0.2) is 0 Å². The summed E-state index contributed by atoms with van der Waals surface area (Å²) in [5.74, 6) is -0.347. The molecule has 6 heteroatoms.